The van der Waals surface area contributed by atoms with Crippen molar-refractivity contribution in [3.63, 3.8) is 0 Å². The van der Waals surface area contributed by atoms with Crippen LogP contribution in [0.3, 0.4) is 0 Å². The highest BCUT2D eigenvalue weighted by molar-refractivity contribution is 5.77. The number of hydrogen-bond acceptors (Lipinski definition) is 3. The molecule has 1 aliphatic heterocycles. The van der Waals surface area contributed by atoms with E-state index in [4.69, 9.17) is 4.74 Å². The highest BCUT2D eigenvalue weighted by Gasteiger charge is 2.17. The van der Waals surface area contributed by atoms with E-state index in [1.54, 1.807) is 0 Å². The summed E-state index contributed by atoms with van der Waals surface area (Å²) in [5.74, 6) is 2.61. The normalized spacial score (nSPS) is 16.1. The Morgan fingerprint density at radius 2 is 2.29 bits per heavy atom. The third-order valence-electron chi connectivity index (χ3n) is 3.43. The minimum atomic E-state index is 0.663. The van der Waals surface area contributed by atoms with Gasteiger partial charge in [-0.3, -0.25) is 0 Å². The predicted molar refractivity (Wildman–Crippen MR) is 67.3 cm³/mol. The SMILES string of the molecule is Cc1nc2cc(OCC3CNC3)ccc2n1C. The number of fused-ring (bicyclic) bond motifs is 1. The van der Waals surface area contributed by atoms with Crippen molar-refractivity contribution < 1.29 is 4.74 Å². The number of nitrogens with one attached hydrogen (secondary N) is 1. The second-order valence-corrected chi connectivity index (χ2v) is 4.70. The molecular formula is C13H17N3O. The maximum Gasteiger partial charge on any atom is 0.121 e. The molecule has 1 aromatic heterocycles. The first kappa shape index (κ1) is 10.6. The van der Waals surface area contributed by atoms with Crippen molar-refractivity contribution in [2.75, 3.05) is 19.7 Å². The average Bonchev–Trinajstić information content (AvgIpc) is 2.52. The van der Waals surface area contributed by atoms with Crippen molar-refractivity contribution in [2.24, 2.45) is 13.0 Å². The van der Waals surface area contributed by atoms with Crippen LogP contribution < -0.4 is 10.1 Å². The largest absolute Gasteiger partial charge is 0.493 e. The van der Waals surface area contributed by atoms with Crippen LogP contribution in [0.4, 0.5) is 0 Å². The van der Waals surface area contributed by atoms with Crippen LogP contribution in [0.1, 0.15) is 5.82 Å². The molecule has 90 valence electrons. The number of nitrogens with zero attached hydrogens (tertiary/aromatic N) is 2. The molecule has 0 aliphatic carbocycles. The maximum atomic E-state index is 5.78. The van der Waals surface area contributed by atoms with Gasteiger partial charge in [0, 0.05) is 32.1 Å². The summed E-state index contributed by atoms with van der Waals surface area (Å²) in [4.78, 5) is 4.51. The van der Waals surface area contributed by atoms with Crippen molar-refractivity contribution in [2.45, 2.75) is 6.92 Å². The molecule has 4 nitrogen and oxygen atoms in total. The van der Waals surface area contributed by atoms with Gasteiger partial charge in [0.05, 0.1) is 17.6 Å². The highest BCUT2D eigenvalue weighted by Crippen LogP contribution is 2.21. The lowest BCUT2D eigenvalue weighted by Crippen LogP contribution is -2.45. The average molecular weight is 231 g/mol. The number of ether oxygens (including phenoxy) is 1. The first-order valence-corrected chi connectivity index (χ1v) is 6.00. The number of rotatable bonds is 3. The molecule has 3 rings (SSSR count). The molecule has 4 heteroatoms. The second kappa shape index (κ2) is 4.04. The van der Waals surface area contributed by atoms with Gasteiger partial charge in [-0.15, -0.1) is 0 Å². The monoisotopic (exact) mass is 231 g/mol. The molecule has 0 amide bonds. The Hall–Kier alpha value is -1.55. The molecule has 0 bridgehead atoms. The lowest BCUT2D eigenvalue weighted by atomic mass is 10.1. The van der Waals surface area contributed by atoms with E-state index >= 15 is 0 Å². The Labute approximate surface area is 101 Å². The van der Waals surface area contributed by atoms with Gasteiger partial charge < -0.3 is 14.6 Å². The highest BCUT2D eigenvalue weighted by atomic mass is 16.5. The molecule has 0 spiro atoms. The topological polar surface area (TPSA) is 39.1 Å². The summed E-state index contributed by atoms with van der Waals surface area (Å²) in [6, 6.07) is 6.12. The summed E-state index contributed by atoms with van der Waals surface area (Å²) < 4.78 is 7.87. The zero-order valence-electron chi connectivity index (χ0n) is 10.2. The van der Waals surface area contributed by atoms with Crippen LogP contribution in [-0.4, -0.2) is 29.2 Å². The van der Waals surface area contributed by atoms with Gasteiger partial charge in [0.2, 0.25) is 0 Å². The van der Waals surface area contributed by atoms with Gasteiger partial charge in [-0.2, -0.15) is 0 Å². The van der Waals surface area contributed by atoms with E-state index in [0.29, 0.717) is 5.92 Å². The van der Waals surface area contributed by atoms with Crippen molar-refractivity contribution in [3.05, 3.63) is 24.0 Å². The van der Waals surface area contributed by atoms with Crippen LogP contribution in [0.15, 0.2) is 18.2 Å². The Morgan fingerprint density at radius 1 is 1.47 bits per heavy atom. The Kier molecular flexibility index (Phi) is 2.52. The van der Waals surface area contributed by atoms with Gasteiger partial charge >= 0.3 is 0 Å². The van der Waals surface area contributed by atoms with E-state index in [9.17, 15) is 0 Å². The summed E-state index contributed by atoms with van der Waals surface area (Å²) >= 11 is 0. The van der Waals surface area contributed by atoms with Gasteiger partial charge in [-0.05, 0) is 19.1 Å². The molecule has 1 aliphatic rings. The molecular weight excluding hydrogens is 214 g/mol. The van der Waals surface area contributed by atoms with Crippen LogP contribution in [0.5, 0.6) is 5.75 Å². The van der Waals surface area contributed by atoms with Gasteiger partial charge in [0.1, 0.15) is 11.6 Å². The van der Waals surface area contributed by atoms with E-state index in [1.807, 2.05) is 26.1 Å². The number of aryl methyl sites for hydroxylation is 2. The standard InChI is InChI=1S/C13H17N3O/c1-9-15-12-5-11(3-4-13(12)16(9)2)17-8-10-6-14-7-10/h3-5,10,14H,6-8H2,1-2H3. The molecule has 1 N–H and O–H groups in total. The first-order valence-electron chi connectivity index (χ1n) is 6.00. The summed E-state index contributed by atoms with van der Waals surface area (Å²) in [6.07, 6.45) is 0. The van der Waals surface area contributed by atoms with E-state index in [0.717, 1.165) is 42.3 Å². The fourth-order valence-electron chi connectivity index (χ4n) is 2.07. The summed E-state index contributed by atoms with van der Waals surface area (Å²) in [5, 5.41) is 3.24. The third-order valence-corrected chi connectivity index (χ3v) is 3.43. The molecule has 0 atom stereocenters. The van der Waals surface area contributed by atoms with Crippen LogP contribution in [0.2, 0.25) is 0 Å². The van der Waals surface area contributed by atoms with Crippen LogP contribution in [0, 0.1) is 12.8 Å². The molecule has 0 radical (unpaired) electrons. The second-order valence-electron chi connectivity index (χ2n) is 4.70. The van der Waals surface area contributed by atoms with Gasteiger partial charge in [0.15, 0.2) is 0 Å². The Morgan fingerprint density at radius 3 is 3.00 bits per heavy atom. The molecule has 2 aromatic rings. The number of benzene rings is 1. The fraction of sp³-hybridized carbons (Fsp3) is 0.462. The quantitative estimate of drug-likeness (QED) is 0.869. The van der Waals surface area contributed by atoms with Gasteiger partial charge in [-0.25, -0.2) is 4.98 Å². The Balaban J connectivity index is 1.80. The lowest BCUT2D eigenvalue weighted by Gasteiger charge is -2.26. The smallest absolute Gasteiger partial charge is 0.121 e. The number of hydrogen-bond donors (Lipinski definition) is 1. The molecule has 2 heterocycles. The summed E-state index contributed by atoms with van der Waals surface area (Å²) in [6.45, 7) is 4.96. The van der Waals surface area contributed by atoms with Gasteiger partial charge in [-0.1, -0.05) is 0 Å². The molecule has 1 aromatic carbocycles. The van der Waals surface area contributed by atoms with Crippen molar-refractivity contribution >= 4 is 11.0 Å². The molecule has 1 fully saturated rings. The maximum absolute atomic E-state index is 5.78. The first-order chi connectivity index (χ1) is 8.24. The predicted octanol–water partition coefficient (Wildman–Crippen LogP) is 1.48. The Bertz CT molecular complexity index is 543. The zero-order chi connectivity index (χ0) is 11.8. The zero-order valence-corrected chi connectivity index (χ0v) is 10.2. The van der Waals surface area contributed by atoms with Crippen molar-refractivity contribution in [1.29, 1.82) is 0 Å². The minimum absolute atomic E-state index is 0.663. The van der Waals surface area contributed by atoms with Crippen LogP contribution in [-0.2, 0) is 7.05 Å². The molecule has 17 heavy (non-hydrogen) atoms. The number of imidazole rings is 1. The molecule has 1 saturated heterocycles. The van der Waals surface area contributed by atoms with Gasteiger partial charge in [0.25, 0.3) is 0 Å². The lowest BCUT2D eigenvalue weighted by molar-refractivity contribution is 0.199. The molecule has 0 unspecified atom stereocenters. The van der Waals surface area contributed by atoms with Crippen LogP contribution in [0.25, 0.3) is 11.0 Å². The summed E-state index contributed by atoms with van der Waals surface area (Å²) in [5.41, 5.74) is 2.16. The molecule has 0 saturated carbocycles. The van der Waals surface area contributed by atoms with E-state index in [1.165, 1.54) is 0 Å². The van der Waals surface area contributed by atoms with E-state index < -0.39 is 0 Å². The third kappa shape index (κ3) is 1.89. The fourth-order valence-corrected chi connectivity index (χ4v) is 2.07. The van der Waals surface area contributed by atoms with E-state index in [-0.39, 0.29) is 0 Å². The minimum Gasteiger partial charge on any atom is -0.493 e. The number of aromatic nitrogens is 2. The van der Waals surface area contributed by atoms with E-state index in [2.05, 4.69) is 20.9 Å². The van der Waals surface area contributed by atoms with Crippen LogP contribution >= 0.6 is 0 Å². The summed E-state index contributed by atoms with van der Waals surface area (Å²) in [7, 11) is 2.03. The van der Waals surface area contributed by atoms with Crippen molar-refractivity contribution in [1.82, 2.24) is 14.9 Å². The van der Waals surface area contributed by atoms with Crippen molar-refractivity contribution in [3.8, 4) is 5.75 Å².